The predicted octanol–water partition coefficient (Wildman–Crippen LogP) is 31.9. The van der Waals surface area contributed by atoms with Crippen LogP contribution in [-0.2, 0) is 0 Å². The second-order valence-electron chi connectivity index (χ2n) is 31.9. The molecule has 0 aliphatic carbocycles. The van der Waals surface area contributed by atoms with E-state index in [2.05, 4.69) is 358 Å². The summed E-state index contributed by atoms with van der Waals surface area (Å²) in [5.74, 6) is 1.19. The molecule has 578 valence electrons. The Labute approximate surface area is 713 Å². The Morgan fingerprint density at radius 3 is 0.879 bits per heavy atom. The molecular formula is C116H70N4O4. The van der Waals surface area contributed by atoms with Crippen molar-refractivity contribution < 1.29 is 17.7 Å². The van der Waals surface area contributed by atoms with Gasteiger partial charge in [0.15, 0.2) is 11.6 Å². The summed E-state index contributed by atoms with van der Waals surface area (Å²) in [6, 6.07) is 150. The maximum Gasteiger partial charge on any atom is 0.160 e. The molecule has 0 atom stereocenters. The van der Waals surface area contributed by atoms with Crippen molar-refractivity contribution in [1.29, 1.82) is 0 Å². The van der Waals surface area contributed by atoms with Gasteiger partial charge in [0.1, 0.15) is 44.7 Å². The van der Waals surface area contributed by atoms with Crippen LogP contribution in [0.5, 0.6) is 0 Å². The van der Waals surface area contributed by atoms with Crippen molar-refractivity contribution >= 4 is 87.8 Å². The van der Waals surface area contributed by atoms with Gasteiger partial charge in [-0.15, -0.1) is 0 Å². The lowest BCUT2D eigenvalue weighted by molar-refractivity contribution is 0.668. The molecule has 0 saturated carbocycles. The normalized spacial score (nSPS) is 11.7. The van der Waals surface area contributed by atoms with E-state index in [1.807, 2.05) is 66.7 Å². The van der Waals surface area contributed by atoms with Crippen LogP contribution in [0.2, 0.25) is 0 Å². The standard InChI is InChI=1S/C116H70N4O4/c1-5-23-71(24-6-1)73-43-47-75(48-44-73)79-31-21-32-82(55-79)103-69-104(118-115(117-103)77-27-9-3-10-28-77)92-63-88(93-37-22-38-98-94-33-13-19-41-109(94)123-113(93)98)62-89(64-92)99-67-87(68-102-97-36-16-20-42-110(97)124-114(99)102)86-56-83(76-49-45-74(46-50-76)72-25-7-2-8-26-72)58-90(61-86)105-70-106(120-116(119-105)78-29-11-4-12-30-78)91-59-84(80-51-53-111-100(65-80)95-34-14-17-39-107(95)121-111)57-85(60-91)81-52-54-112-101(66-81)96-35-15-18-40-108(96)122-112/h1-70H. The van der Waals surface area contributed by atoms with Gasteiger partial charge in [-0.05, 0) is 222 Å². The van der Waals surface area contributed by atoms with Gasteiger partial charge in [0.2, 0.25) is 0 Å². The van der Waals surface area contributed by atoms with E-state index in [9.17, 15) is 0 Å². The molecule has 24 aromatic rings. The second-order valence-corrected chi connectivity index (χ2v) is 31.9. The quantitative estimate of drug-likeness (QED) is 0.1000. The Balaban J connectivity index is 0.718. The third-order valence-electron chi connectivity index (χ3n) is 24.3. The van der Waals surface area contributed by atoms with Crippen molar-refractivity contribution in [2.45, 2.75) is 0 Å². The molecule has 0 bridgehead atoms. The molecular weight excluding hydrogens is 1510 g/mol. The number of aromatic nitrogens is 4. The number of hydrogen-bond acceptors (Lipinski definition) is 8. The molecule has 0 fully saturated rings. The maximum absolute atomic E-state index is 7.27. The maximum atomic E-state index is 7.27. The van der Waals surface area contributed by atoms with Crippen LogP contribution in [0.25, 0.3) is 256 Å². The van der Waals surface area contributed by atoms with Gasteiger partial charge >= 0.3 is 0 Å². The Kier molecular flexibility index (Phi) is 17.1. The Morgan fingerprint density at radius 2 is 0.395 bits per heavy atom. The number of para-hydroxylation sites is 5. The summed E-state index contributed by atoms with van der Waals surface area (Å²) in [7, 11) is 0. The van der Waals surface area contributed by atoms with Gasteiger partial charge in [0, 0.05) is 87.6 Å². The molecule has 0 spiro atoms. The number of hydrogen-bond donors (Lipinski definition) is 0. The molecule has 6 aromatic heterocycles. The fourth-order valence-electron chi connectivity index (χ4n) is 18.0. The van der Waals surface area contributed by atoms with E-state index in [0.717, 1.165) is 238 Å². The lowest BCUT2D eigenvalue weighted by Gasteiger charge is -2.16. The van der Waals surface area contributed by atoms with Crippen molar-refractivity contribution in [3.63, 3.8) is 0 Å². The summed E-state index contributed by atoms with van der Waals surface area (Å²) in [4.78, 5) is 22.3. The summed E-state index contributed by atoms with van der Waals surface area (Å²) >= 11 is 0. The van der Waals surface area contributed by atoms with Crippen LogP contribution in [0.4, 0.5) is 0 Å². The Bertz CT molecular complexity index is 8200. The topological polar surface area (TPSA) is 104 Å². The molecule has 0 saturated heterocycles. The average Bonchev–Trinajstić information content (AvgIpc) is 1.50. The summed E-state index contributed by atoms with van der Waals surface area (Å²) in [6.07, 6.45) is 0. The molecule has 0 aliphatic rings. The van der Waals surface area contributed by atoms with Gasteiger partial charge in [-0.3, -0.25) is 0 Å². The summed E-state index contributed by atoms with van der Waals surface area (Å²) < 4.78 is 27.1. The zero-order valence-electron chi connectivity index (χ0n) is 66.8. The van der Waals surface area contributed by atoms with Gasteiger partial charge in [-0.1, -0.05) is 291 Å². The molecule has 0 unspecified atom stereocenters. The second kappa shape index (κ2) is 29.7. The monoisotopic (exact) mass is 1580 g/mol. The first-order valence-corrected chi connectivity index (χ1v) is 41.8. The van der Waals surface area contributed by atoms with Crippen molar-refractivity contribution in [2.75, 3.05) is 0 Å². The van der Waals surface area contributed by atoms with Crippen LogP contribution < -0.4 is 0 Å². The van der Waals surface area contributed by atoms with E-state index in [4.69, 9.17) is 37.6 Å². The van der Waals surface area contributed by atoms with Gasteiger partial charge in [-0.25, -0.2) is 19.9 Å². The fourth-order valence-corrected chi connectivity index (χ4v) is 18.0. The minimum Gasteiger partial charge on any atom is -0.456 e. The molecule has 0 radical (unpaired) electrons. The van der Waals surface area contributed by atoms with Crippen molar-refractivity contribution in [3.05, 3.63) is 425 Å². The first kappa shape index (κ1) is 71.4. The van der Waals surface area contributed by atoms with Crippen LogP contribution in [0.3, 0.4) is 0 Å². The Hall–Kier alpha value is -16.7. The highest BCUT2D eigenvalue weighted by molar-refractivity contribution is 6.14. The molecule has 0 N–H and O–H groups in total. The summed E-state index contributed by atoms with van der Waals surface area (Å²) in [6.45, 7) is 0. The van der Waals surface area contributed by atoms with Crippen LogP contribution in [0, 0.1) is 0 Å². The van der Waals surface area contributed by atoms with E-state index in [0.29, 0.717) is 11.6 Å². The van der Waals surface area contributed by atoms with E-state index >= 15 is 0 Å². The van der Waals surface area contributed by atoms with Crippen LogP contribution in [0.15, 0.2) is 442 Å². The number of benzene rings is 18. The zero-order chi connectivity index (χ0) is 81.7. The van der Waals surface area contributed by atoms with E-state index in [1.54, 1.807) is 0 Å². The molecule has 18 aromatic carbocycles. The van der Waals surface area contributed by atoms with E-state index in [-0.39, 0.29) is 0 Å². The first-order chi connectivity index (χ1) is 61.3. The van der Waals surface area contributed by atoms with E-state index in [1.165, 1.54) is 5.56 Å². The third-order valence-corrected chi connectivity index (χ3v) is 24.3. The van der Waals surface area contributed by atoms with Crippen LogP contribution >= 0.6 is 0 Å². The van der Waals surface area contributed by atoms with Crippen molar-refractivity contribution in [3.8, 4) is 168 Å². The molecule has 8 heteroatoms. The average molecular weight is 1580 g/mol. The molecule has 124 heavy (non-hydrogen) atoms. The van der Waals surface area contributed by atoms with Crippen molar-refractivity contribution in [2.24, 2.45) is 0 Å². The third kappa shape index (κ3) is 13.0. The number of nitrogens with zero attached hydrogens (tertiary/aromatic N) is 4. The highest BCUT2D eigenvalue weighted by Gasteiger charge is 2.25. The highest BCUT2D eigenvalue weighted by Crippen LogP contribution is 2.48. The Morgan fingerprint density at radius 1 is 0.129 bits per heavy atom. The number of fused-ring (bicyclic) bond motifs is 12. The molecule has 8 nitrogen and oxygen atoms in total. The van der Waals surface area contributed by atoms with Gasteiger partial charge in [-0.2, -0.15) is 0 Å². The van der Waals surface area contributed by atoms with Gasteiger partial charge in [0.05, 0.1) is 22.8 Å². The largest absolute Gasteiger partial charge is 0.456 e. The first-order valence-electron chi connectivity index (χ1n) is 41.8. The molecule has 0 amide bonds. The van der Waals surface area contributed by atoms with Crippen LogP contribution in [0.1, 0.15) is 0 Å². The van der Waals surface area contributed by atoms with Gasteiger partial charge < -0.3 is 17.7 Å². The molecule has 0 aliphatic heterocycles. The van der Waals surface area contributed by atoms with Crippen molar-refractivity contribution in [1.82, 2.24) is 19.9 Å². The van der Waals surface area contributed by atoms with E-state index < -0.39 is 0 Å². The fraction of sp³-hybridized carbons (Fsp3) is 0. The van der Waals surface area contributed by atoms with Gasteiger partial charge in [0.25, 0.3) is 0 Å². The SMILES string of the molecule is c1ccc(-c2ccc(-c3cccc(-c4cc(-c5cc(-c6cccc7c6oc6ccccc67)cc(-c6cc(-c7cc(-c8ccc(-c9ccccc9)cc8)cc(-c8cc(-c9cc(-c%10ccc%11oc%12ccccc%12c%11c%10)cc(-c%10ccc%11oc%12ccccc%12c%11c%10)c9)nc(-c9ccccc9)n8)c7)cc7c6oc6ccccc67)c5)nc(-c5ccccc5)n4)c3)cc2)cc1. The highest BCUT2D eigenvalue weighted by atomic mass is 16.3. The summed E-state index contributed by atoms with van der Waals surface area (Å²) in [5.41, 5.74) is 33.5. The molecule has 6 heterocycles. The number of rotatable bonds is 15. The smallest absolute Gasteiger partial charge is 0.160 e. The summed E-state index contributed by atoms with van der Waals surface area (Å²) in [5, 5.41) is 8.24. The molecule has 24 rings (SSSR count). The van der Waals surface area contributed by atoms with Crippen LogP contribution in [-0.4, -0.2) is 19.9 Å². The minimum atomic E-state index is 0.588. The minimum absolute atomic E-state index is 0.588. The zero-order valence-corrected chi connectivity index (χ0v) is 66.8. The lowest BCUT2D eigenvalue weighted by Crippen LogP contribution is -1.97. The number of furan rings is 4. The lowest BCUT2D eigenvalue weighted by atomic mass is 9.89. The predicted molar refractivity (Wildman–Crippen MR) is 508 cm³/mol.